The van der Waals surface area contributed by atoms with E-state index in [0.717, 1.165) is 47.9 Å². The van der Waals surface area contributed by atoms with Gasteiger partial charge in [-0.25, -0.2) is 9.97 Å². The lowest BCUT2D eigenvalue weighted by Crippen LogP contribution is -2.25. The Balaban J connectivity index is 1.86. The quantitative estimate of drug-likeness (QED) is 0.752. The Morgan fingerprint density at radius 1 is 1.21 bits per heavy atom. The van der Waals surface area contributed by atoms with Crippen LogP contribution in [0.3, 0.4) is 0 Å². The normalized spacial score (nSPS) is 14.2. The van der Waals surface area contributed by atoms with E-state index in [0.29, 0.717) is 12.3 Å². The van der Waals surface area contributed by atoms with Gasteiger partial charge in [-0.05, 0) is 58.0 Å². The van der Waals surface area contributed by atoms with E-state index >= 15 is 0 Å². The van der Waals surface area contributed by atoms with Crippen molar-refractivity contribution >= 4 is 11.6 Å². The zero-order valence-corrected chi connectivity index (χ0v) is 16.5. The number of hydrogen-bond acceptors (Lipinski definition) is 5. The van der Waals surface area contributed by atoms with E-state index in [9.17, 15) is 9.18 Å². The second kappa shape index (κ2) is 9.59. The molecular weight excluding hydrogens is 359 g/mol. The Hall–Kier alpha value is -2.54. The van der Waals surface area contributed by atoms with E-state index in [1.54, 1.807) is 6.07 Å². The van der Waals surface area contributed by atoms with Crippen LogP contribution in [0.5, 0.6) is 5.75 Å². The van der Waals surface area contributed by atoms with Gasteiger partial charge in [-0.15, -0.1) is 0 Å². The molecule has 1 aliphatic rings. The Labute approximate surface area is 165 Å². The summed E-state index contributed by atoms with van der Waals surface area (Å²) in [5, 5.41) is 2.74. The second-order valence-electron chi connectivity index (χ2n) is 7.01. The molecule has 0 spiro atoms. The number of nitrogens with one attached hydrogen (secondary N) is 1. The smallest absolute Gasteiger partial charge is 0.227 e. The topological polar surface area (TPSA) is 67.3 Å². The first kappa shape index (κ1) is 20.2. The van der Waals surface area contributed by atoms with Crippen LogP contribution in [0.1, 0.15) is 30.7 Å². The van der Waals surface area contributed by atoms with Crippen LogP contribution in [0.15, 0.2) is 24.5 Å². The van der Waals surface area contributed by atoms with E-state index in [4.69, 9.17) is 4.74 Å². The van der Waals surface area contributed by atoms with Crippen LogP contribution in [-0.2, 0) is 4.79 Å². The summed E-state index contributed by atoms with van der Waals surface area (Å²) >= 11 is 0. The van der Waals surface area contributed by atoms with Gasteiger partial charge in [-0.2, -0.15) is 0 Å². The number of nitrogens with zero attached hydrogens (tertiary/aromatic N) is 3. The standard InChI is InChI=1S/C21H27FN4O2/c1-15-21(16(2)24-14-23-15)18-13-17(25-20(27)7-8-22)5-6-19(18)28-12-11-26-9-3-4-10-26/h5-6,13-14H,3-4,7-12H2,1-2H3,(H,25,27). The van der Waals surface area contributed by atoms with Crippen LogP contribution in [0.2, 0.25) is 0 Å². The molecule has 0 atom stereocenters. The lowest BCUT2D eigenvalue weighted by Gasteiger charge is -2.18. The lowest BCUT2D eigenvalue weighted by molar-refractivity contribution is -0.116. The number of aryl methyl sites for hydroxylation is 2. The highest BCUT2D eigenvalue weighted by Crippen LogP contribution is 2.35. The molecule has 6 nitrogen and oxygen atoms in total. The monoisotopic (exact) mass is 386 g/mol. The molecule has 2 heterocycles. The fourth-order valence-electron chi connectivity index (χ4n) is 3.51. The highest BCUT2D eigenvalue weighted by Gasteiger charge is 2.16. The zero-order valence-electron chi connectivity index (χ0n) is 16.5. The summed E-state index contributed by atoms with van der Waals surface area (Å²) in [6, 6.07) is 5.47. The third-order valence-corrected chi connectivity index (χ3v) is 4.94. The first-order valence-corrected chi connectivity index (χ1v) is 9.72. The van der Waals surface area contributed by atoms with Crippen molar-refractivity contribution in [3.05, 3.63) is 35.9 Å². The lowest BCUT2D eigenvalue weighted by atomic mass is 10.0. The number of benzene rings is 1. The molecule has 3 rings (SSSR count). The molecule has 1 aromatic heterocycles. The third kappa shape index (κ3) is 5.04. The maximum absolute atomic E-state index is 12.4. The first-order valence-electron chi connectivity index (χ1n) is 9.72. The van der Waals surface area contributed by atoms with Gasteiger partial charge in [-0.3, -0.25) is 14.1 Å². The predicted molar refractivity (Wildman–Crippen MR) is 107 cm³/mol. The highest BCUT2D eigenvalue weighted by molar-refractivity contribution is 5.92. The molecule has 28 heavy (non-hydrogen) atoms. The average molecular weight is 386 g/mol. The summed E-state index contributed by atoms with van der Waals surface area (Å²) in [5.41, 5.74) is 3.99. The molecule has 1 saturated heterocycles. The molecule has 1 N–H and O–H groups in total. The van der Waals surface area contributed by atoms with Gasteiger partial charge in [0.2, 0.25) is 5.91 Å². The number of rotatable bonds is 8. The number of alkyl halides is 1. The molecule has 7 heteroatoms. The summed E-state index contributed by atoms with van der Waals surface area (Å²) in [6.07, 6.45) is 3.88. The maximum Gasteiger partial charge on any atom is 0.227 e. The number of carbonyl (C=O) groups is 1. The summed E-state index contributed by atoms with van der Waals surface area (Å²) < 4.78 is 18.5. The van der Waals surface area contributed by atoms with Crippen LogP contribution in [0.25, 0.3) is 11.1 Å². The average Bonchev–Trinajstić information content (AvgIpc) is 3.17. The second-order valence-corrected chi connectivity index (χ2v) is 7.01. The first-order chi connectivity index (χ1) is 13.6. The molecule has 0 aliphatic carbocycles. The van der Waals surface area contributed by atoms with Gasteiger partial charge in [-0.1, -0.05) is 0 Å². The van der Waals surface area contributed by atoms with Crippen molar-refractivity contribution in [1.29, 1.82) is 0 Å². The van der Waals surface area contributed by atoms with Gasteiger partial charge in [0, 0.05) is 34.7 Å². The molecule has 1 fully saturated rings. The highest BCUT2D eigenvalue weighted by atomic mass is 19.1. The minimum atomic E-state index is -0.679. The van der Waals surface area contributed by atoms with Crippen molar-refractivity contribution in [3.8, 4) is 16.9 Å². The summed E-state index contributed by atoms with van der Waals surface area (Å²) in [7, 11) is 0. The summed E-state index contributed by atoms with van der Waals surface area (Å²) in [6.45, 7) is 6.89. The fraction of sp³-hybridized carbons (Fsp3) is 0.476. The maximum atomic E-state index is 12.4. The van der Waals surface area contributed by atoms with Crippen molar-refractivity contribution in [2.75, 3.05) is 38.2 Å². The van der Waals surface area contributed by atoms with Gasteiger partial charge in [0.05, 0.1) is 13.1 Å². The van der Waals surface area contributed by atoms with Crippen molar-refractivity contribution in [2.45, 2.75) is 33.1 Å². The van der Waals surface area contributed by atoms with E-state index in [2.05, 4.69) is 20.2 Å². The minimum absolute atomic E-state index is 0.157. The molecule has 0 unspecified atom stereocenters. The van der Waals surface area contributed by atoms with Gasteiger partial charge >= 0.3 is 0 Å². The third-order valence-electron chi connectivity index (χ3n) is 4.94. The molecule has 0 bridgehead atoms. The molecule has 1 aliphatic heterocycles. The Morgan fingerprint density at radius 2 is 1.93 bits per heavy atom. The van der Waals surface area contributed by atoms with E-state index in [-0.39, 0.29) is 12.3 Å². The van der Waals surface area contributed by atoms with Gasteiger partial charge < -0.3 is 10.1 Å². The van der Waals surface area contributed by atoms with Gasteiger partial charge in [0.15, 0.2) is 0 Å². The number of halogens is 1. The van der Waals surface area contributed by atoms with Crippen LogP contribution in [0, 0.1) is 13.8 Å². The SMILES string of the molecule is Cc1ncnc(C)c1-c1cc(NC(=O)CCF)ccc1OCCN1CCCC1. The van der Waals surface area contributed by atoms with E-state index in [1.165, 1.54) is 19.2 Å². The molecule has 1 aromatic carbocycles. The molecule has 0 saturated carbocycles. The Kier molecular flexibility index (Phi) is 6.92. The van der Waals surface area contributed by atoms with Crippen LogP contribution in [0.4, 0.5) is 10.1 Å². The van der Waals surface area contributed by atoms with Gasteiger partial charge in [0.25, 0.3) is 0 Å². The van der Waals surface area contributed by atoms with Crippen LogP contribution < -0.4 is 10.1 Å². The minimum Gasteiger partial charge on any atom is -0.492 e. The van der Waals surface area contributed by atoms with Crippen molar-refractivity contribution in [3.63, 3.8) is 0 Å². The van der Waals surface area contributed by atoms with E-state index < -0.39 is 6.67 Å². The van der Waals surface area contributed by atoms with Crippen molar-refractivity contribution in [2.24, 2.45) is 0 Å². The number of aromatic nitrogens is 2. The van der Waals surface area contributed by atoms with E-state index in [1.807, 2.05) is 26.0 Å². The molecular formula is C21H27FN4O2. The van der Waals surface area contributed by atoms with Crippen molar-refractivity contribution in [1.82, 2.24) is 14.9 Å². The summed E-state index contributed by atoms with van der Waals surface area (Å²) in [4.78, 5) is 22.8. The molecule has 150 valence electrons. The van der Waals surface area contributed by atoms with Crippen LogP contribution >= 0.6 is 0 Å². The summed E-state index contributed by atoms with van der Waals surface area (Å²) in [5.74, 6) is 0.373. The number of carbonyl (C=O) groups excluding carboxylic acids is 1. The Bertz CT molecular complexity index is 802. The molecule has 0 radical (unpaired) electrons. The Morgan fingerprint density at radius 3 is 2.61 bits per heavy atom. The number of hydrogen-bond donors (Lipinski definition) is 1. The molecule has 1 amide bonds. The predicted octanol–water partition coefficient (Wildman–Crippen LogP) is 3.53. The number of ether oxygens (including phenoxy) is 1. The largest absolute Gasteiger partial charge is 0.492 e. The van der Waals surface area contributed by atoms with Crippen LogP contribution in [-0.4, -0.2) is 53.7 Å². The number of amides is 1. The zero-order chi connectivity index (χ0) is 19.9. The number of anilines is 1. The van der Waals surface area contributed by atoms with Gasteiger partial charge in [0.1, 0.15) is 18.7 Å². The van der Waals surface area contributed by atoms with Crippen molar-refractivity contribution < 1.29 is 13.9 Å². The molecule has 2 aromatic rings. The number of likely N-dealkylation sites (tertiary alicyclic amines) is 1. The fourth-order valence-corrected chi connectivity index (χ4v) is 3.51.